The van der Waals surface area contributed by atoms with Gasteiger partial charge in [-0.1, -0.05) is 0 Å². The van der Waals surface area contributed by atoms with Crippen LogP contribution >= 0.6 is 0 Å². The normalized spacial score (nSPS) is 39.1. The lowest BCUT2D eigenvalue weighted by atomic mass is 9.79. The smallest absolute Gasteiger partial charge is 0.405 e. The molecule has 24 heavy (non-hydrogen) atoms. The maximum Gasteiger partial charge on any atom is 0.405 e. The van der Waals surface area contributed by atoms with Gasteiger partial charge in [-0.05, 0) is 52.4 Å². The van der Waals surface area contributed by atoms with Crippen LogP contribution in [0.5, 0.6) is 0 Å². The fourth-order valence-electron chi connectivity index (χ4n) is 3.95. The second-order valence-electron chi connectivity index (χ2n) is 7.65. The van der Waals surface area contributed by atoms with E-state index in [4.69, 9.17) is 19.9 Å². The van der Waals surface area contributed by atoms with Crippen LogP contribution in [0.3, 0.4) is 0 Å². The van der Waals surface area contributed by atoms with Gasteiger partial charge in [0.15, 0.2) is 0 Å². The second kappa shape index (κ2) is 6.82. The Morgan fingerprint density at radius 1 is 1.08 bits per heavy atom. The Hall–Kier alpha value is -1.43. The maximum atomic E-state index is 10.7. The number of aliphatic imine (C=N–C) groups is 1. The van der Waals surface area contributed by atoms with Crippen LogP contribution in [0.4, 0.5) is 4.79 Å². The van der Waals surface area contributed by atoms with Crippen molar-refractivity contribution in [3.63, 3.8) is 0 Å². The van der Waals surface area contributed by atoms with E-state index in [-0.39, 0.29) is 6.04 Å². The lowest BCUT2D eigenvalue weighted by molar-refractivity contribution is -0.0117. The SMILES string of the molecule is CC(C)(OC(N)=O)C1CCC2OC2C1.O=C=NC1CCC2OC2C1. The van der Waals surface area contributed by atoms with Crippen molar-refractivity contribution in [2.24, 2.45) is 16.6 Å². The van der Waals surface area contributed by atoms with Crippen LogP contribution in [-0.2, 0) is 19.0 Å². The molecule has 0 radical (unpaired) electrons. The molecule has 2 saturated heterocycles. The number of rotatable bonds is 3. The van der Waals surface area contributed by atoms with E-state index in [2.05, 4.69) is 4.99 Å². The lowest BCUT2D eigenvalue weighted by Crippen LogP contribution is -2.40. The van der Waals surface area contributed by atoms with Crippen molar-refractivity contribution in [2.45, 2.75) is 88.4 Å². The number of epoxide rings is 2. The zero-order valence-electron chi connectivity index (χ0n) is 14.3. The van der Waals surface area contributed by atoms with Gasteiger partial charge in [0.1, 0.15) is 5.60 Å². The number of isocyanates is 1. The molecule has 4 aliphatic rings. The number of primary amides is 1. The number of fused-ring (bicyclic) bond motifs is 2. The van der Waals surface area contributed by atoms with E-state index in [0.717, 1.165) is 38.5 Å². The topological polar surface area (TPSA) is 107 Å². The largest absolute Gasteiger partial charge is 0.443 e. The van der Waals surface area contributed by atoms with Crippen molar-refractivity contribution >= 4 is 12.2 Å². The minimum absolute atomic E-state index is 0.196. The zero-order valence-corrected chi connectivity index (χ0v) is 14.3. The summed E-state index contributed by atoms with van der Waals surface area (Å²) >= 11 is 0. The molecule has 0 bridgehead atoms. The number of amides is 1. The average molecular weight is 338 g/mol. The molecule has 0 aromatic carbocycles. The van der Waals surface area contributed by atoms with Crippen molar-refractivity contribution in [2.75, 3.05) is 0 Å². The monoisotopic (exact) mass is 338 g/mol. The Labute approximate surface area is 141 Å². The van der Waals surface area contributed by atoms with E-state index < -0.39 is 11.7 Å². The van der Waals surface area contributed by atoms with Crippen LogP contribution in [-0.4, -0.2) is 48.2 Å². The van der Waals surface area contributed by atoms with E-state index >= 15 is 0 Å². The van der Waals surface area contributed by atoms with Gasteiger partial charge >= 0.3 is 6.09 Å². The summed E-state index contributed by atoms with van der Waals surface area (Å²) in [5.41, 5.74) is 4.58. The second-order valence-corrected chi connectivity index (χ2v) is 7.65. The van der Waals surface area contributed by atoms with E-state index in [1.807, 2.05) is 13.8 Å². The van der Waals surface area contributed by atoms with Gasteiger partial charge in [0, 0.05) is 5.92 Å². The summed E-state index contributed by atoms with van der Waals surface area (Å²) < 4.78 is 15.8. The van der Waals surface area contributed by atoms with Crippen molar-refractivity contribution in [3.05, 3.63) is 0 Å². The van der Waals surface area contributed by atoms with Gasteiger partial charge in [0.2, 0.25) is 6.08 Å². The molecule has 2 heterocycles. The standard InChI is InChI=1S/C10H17NO3.C7H9NO2/c1-10(2,14-9(11)12)6-3-4-7-8(5-6)13-7;9-4-8-5-1-2-6-7(3-5)10-6/h6-8H,3-5H2,1-2H3,(H2,11,12);5-7H,1-3H2. The van der Waals surface area contributed by atoms with Gasteiger partial charge in [-0.3, -0.25) is 0 Å². The van der Waals surface area contributed by atoms with Gasteiger partial charge < -0.3 is 19.9 Å². The molecule has 7 nitrogen and oxygen atoms in total. The highest BCUT2D eigenvalue weighted by Gasteiger charge is 2.48. The highest BCUT2D eigenvalue weighted by Crippen LogP contribution is 2.44. The zero-order chi connectivity index (χ0) is 17.3. The quantitative estimate of drug-likeness (QED) is 0.481. The Morgan fingerprint density at radius 2 is 1.71 bits per heavy atom. The fraction of sp³-hybridized carbons (Fsp3) is 0.882. The molecular formula is C17H26N2O5. The number of hydrogen-bond donors (Lipinski definition) is 1. The highest BCUT2D eigenvalue weighted by molar-refractivity contribution is 5.65. The van der Waals surface area contributed by atoms with E-state index in [0.29, 0.717) is 30.3 Å². The summed E-state index contributed by atoms with van der Waals surface area (Å²) in [6, 6.07) is 0.196. The van der Waals surface area contributed by atoms with E-state index in [1.165, 1.54) is 0 Å². The third kappa shape index (κ3) is 4.35. The molecule has 4 fully saturated rings. The van der Waals surface area contributed by atoms with Crippen molar-refractivity contribution in [1.82, 2.24) is 0 Å². The molecule has 0 aromatic heterocycles. The number of hydrogen-bond acceptors (Lipinski definition) is 6. The number of nitrogens with two attached hydrogens (primary N) is 1. The van der Waals surface area contributed by atoms with Gasteiger partial charge in [-0.15, -0.1) is 0 Å². The minimum Gasteiger partial charge on any atom is -0.443 e. The summed E-state index contributed by atoms with van der Waals surface area (Å²) in [5, 5.41) is 0. The first-order valence-electron chi connectivity index (χ1n) is 8.75. The van der Waals surface area contributed by atoms with Crippen LogP contribution in [0.1, 0.15) is 52.4 Å². The van der Waals surface area contributed by atoms with Gasteiger partial charge in [-0.2, -0.15) is 0 Å². The molecule has 0 spiro atoms. The first kappa shape index (κ1) is 17.4. The average Bonchev–Trinajstić information content (AvgIpc) is 3.40. The Kier molecular flexibility index (Phi) is 4.95. The van der Waals surface area contributed by atoms with Crippen molar-refractivity contribution < 1.29 is 23.8 Å². The molecule has 4 rings (SSSR count). The lowest BCUT2D eigenvalue weighted by Gasteiger charge is -2.34. The third-order valence-electron chi connectivity index (χ3n) is 5.56. The summed E-state index contributed by atoms with van der Waals surface area (Å²) in [7, 11) is 0. The van der Waals surface area contributed by atoms with E-state index in [1.54, 1.807) is 6.08 Å². The minimum atomic E-state index is -0.686. The molecule has 6 atom stereocenters. The third-order valence-corrected chi connectivity index (χ3v) is 5.56. The Morgan fingerprint density at radius 3 is 2.25 bits per heavy atom. The summed E-state index contributed by atoms with van der Waals surface area (Å²) in [4.78, 5) is 24.3. The summed E-state index contributed by atoms with van der Waals surface area (Å²) in [6.07, 6.45) is 8.84. The van der Waals surface area contributed by atoms with Gasteiger partial charge in [0.05, 0.1) is 30.5 Å². The molecule has 0 aromatic rings. The molecule has 134 valence electrons. The van der Waals surface area contributed by atoms with Crippen LogP contribution in [0.15, 0.2) is 4.99 Å². The van der Waals surface area contributed by atoms with Crippen molar-refractivity contribution in [1.29, 1.82) is 0 Å². The van der Waals surface area contributed by atoms with Crippen LogP contribution in [0, 0.1) is 5.92 Å². The predicted molar refractivity (Wildman–Crippen MR) is 85.2 cm³/mol. The number of ether oxygens (including phenoxy) is 3. The Bertz CT molecular complexity index is 531. The number of carbonyl (C=O) groups excluding carboxylic acids is 2. The van der Waals surface area contributed by atoms with Gasteiger partial charge in [-0.25, -0.2) is 14.6 Å². The number of carbonyl (C=O) groups is 1. The van der Waals surface area contributed by atoms with E-state index in [9.17, 15) is 9.59 Å². The van der Waals surface area contributed by atoms with Crippen LogP contribution in [0.2, 0.25) is 0 Å². The molecular weight excluding hydrogens is 312 g/mol. The highest BCUT2D eigenvalue weighted by atomic mass is 16.6. The number of nitrogens with zero attached hydrogens (tertiary/aromatic N) is 1. The molecule has 6 unspecified atom stereocenters. The molecule has 2 aliphatic heterocycles. The first-order valence-corrected chi connectivity index (χ1v) is 8.75. The molecule has 1 amide bonds. The predicted octanol–water partition coefficient (Wildman–Crippen LogP) is 2.07. The molecule has 2 saturated carbocycles. The maximum absolute atomic E-state index is 10.7. The molecule has 2 aliphatic carbocycles. The van der Waals surface area contributed by atoms with Crippen molar-refractivity contribution in [3.8, 4) is 0 Å². The Balaban J connectivity index is 0.000000149. The first-order chi connectivity index (χ1) is 11.4. The van der Waals surface area contributed by atoms with Crippen LogP contribution < -0.4 is 5.73 Å². The summed E-state index contributed by atoms with van der Waals surface area (Å²) in [5.74, 6) is 0.374. The van der Waals surface area contributed by atoms with Crippen LogP contribution in [0.25, 0.3) is 0 Å². The summed E-state index contributed by atoms with van der Waals surface area (Å²) in [6.45, 7) is 3.84. The van der Waals surface area contributed by atoms with Gasteiger partial charge in [0.25, 0.3) is 0 Å². The fourth-order valence-corrected chi connectivity index (χ4v) is 3.95. The molecule has 2 N–H and O–H groups in total. The molecule has 7 heteroatoms.